The Morgan fingerprint density at radius 2 is 2.21 bits per heavy atom. The lowest BCUT2D eigenvalue weighted by Gasteiger charge is -2.32. The number of benzene rings is 1. The average Bonchev–Trinajstić information content (AvgIpc) is 2.47. The summed E-state index contributed by atoms with van der Waals surface area (Å²) in [5, 5.41) is 12.3. The molecule has 3 nitrogen and oxygen atoms in total. The van der Waals surface area contributed by atoms with E-state index in [9.17, 15) is 0 Å². The lowest BCUT2D eigenvalue weighted by Crippen LogP contribution is -2.39. The fourth-order valence-electron chi connectivity index (χ4n) is 2.70. The second kappa shape index (κ2) is 6.08. The van der Waals surface area contributed by atoms with E-state index < -0.39 is 5.54 Å². The molecule has 0 fully saturated rings. The van der Waals surface area contributed by atoms with Crippen LogP contribution in [0.25, 0.3) is 0 Å². The normalized spacial score (nSPS) is 17.4. The van der Waals surface area contributed by atoms with Gasteiger partial charge in [-0.25, -0.2) is 0 Å². The predicted molar refractivity (Wildman–Crippen MR) is 79.3 cm³/mol. The van der Waals surface area contributed by atoms with Crippen LogP contribution in [0.3, 0.4) is 0 Å². The van der Waals surface area contributed by atoms with Crippen LogP contribution in [0.2, 0.25) is 0 Å². The summed E-state index contributed by atoms with van der Waals surface area (Å²) in [7, 11) is 1.86. The second-order valence-corrected chi connectivity index (χ2v) is 5.52. The molecule has 1 aromatic rings. The first-order valence-corrected chi connectivity index (χ1v) is 7.11. The summed E-state index contributed by atoms with van der Waals surface area (Å²) >= 11 is 0. The standard InChI is InChI=1S/C16H23N3/c1-16(13-17,18-2)10-6-12-19-11-5-8-14-7-3-4-9-15(14)19/h3-4,7,9,18H,5-6,8,10-12H2,1-2H3. The van der Waals surface area contributed by atoms with Crippen molar-refractivity contribution < 1.29 is 0 Å². The fourth-order valence-corrected chi connectivity index (χ4v) is 2.70. The summed E-state index contributed by atoms with van der Waals surface area (Å²) in [5.41, 5.74) is 2.46. The van der Waals surface area contributed by atoms with E-state index in [0.717, 1.165) is 25.9 Å². The van der Waals surface area contributed by atoms with Gasteiger partial charge in [-0.2, -0.15) is 5.26 Å². The number of para-hydroxylation sites is 1. The van der Waals surface area contributed by atoms with Crippen LogP contribution in [0.4, 0.5) is 5.69 Å². The molecule has 1 aliphatic heterocycles. The fraction of sp³-hybridized carbons (Fsp3) is 0.562. The van der Waals surface area contributed by atoms with Crippen LogP contribution in [0.1, 0.15) is 31.7 Å². The van der Waals surface area contributed by atoms with Crippen molar-refractivity contribution in [1.82, 2.24) is 5.32 Å². The Morgan fingerprint density at radius 3 is 2.95 bits per heavy atom. The number of anilines is 1. The lowest BCUT2D eigenvalue weighted by molar-refractivity contribution is 0.439. The molecule has 19 heavy (non-hydrogen) atoms. The number of aryl methyl sites for hydroxylation is 1. The van der Waals surface area contributed by atoms with E-state index in [1.807, 2.05) is 14.0 Å². The minimum absolute atomic E-state index is 0.394. The van der Waals surface area contributed by atoms with E-state index in [4.69, 9.17) is 5.26 Å². The van der Waals surface area contributed by atoms with Crippen LogP contribution >= 0.6 is 0 Å². The predicted octanol–water partition coefficient (Wildman–Crippen LogP) is 2.72. The Kier molecular flexibility index (Phi) is 4.44. The van der Waals surface area contributed by atoms with E-state index in [-0.39, 0.29) is 0 Å². The Bertz CT molecular complexity index is 463. The van der Waals surface area contributed by atoms with Gasteiger partial charge in [0.05, 0.1) is 6.07 Å². The minimum atomic E-state index is -0.394. The Labute approximate surface area is 116 Å². The van der Waals surface area contributed by atoms with E-state index >= 15 is 0 Å². The summed E-state index contributed by atoms with van der Waals surface area (Å²) in [5.74, 6) is 0. The maximum atomic E-state index is 9.15. The van der Waals surface area contributed by atoms with Crippen molar-refractivity contribution in [2.75, 3.05) is 25.0 Å². The largest absolute Gasteiger partial charge is 0.371 e. The van der Waals surface area contributed by atoms with Gasteiger partial charge in [-0.05, 0) is 51.3 Å². The van der Waals surface area contributed by atoms with Crippen molar-refractivity contribution in [2.45, 2.75) is 38.1 Å². The molecule has 3 heteroatoms. The number of nitrogens with zero attached hydrogens (tertiary/aromatic N) is 2. The maximum Gasteiger partial charge on any atom is 0.103 e. The smallest absolute Gasteiger partial charge is 0.103 e. The molecule has 1 aromatic carbocycles. The summed E-state index contributed by atoms with van der Waals surface area (Å²) in [4.78, 5) is 2.46. The summed E-state index contributed by atoms with van der Waals surface area (Å²) in [6, 6.07) is 11.0. The van der Waals surface area contributed by atoms with Gasteiger partial charge in [0.2, 0.25) is 0 Å². The molecule has 0 amide bonds. The highest BCUT2D eigenvalue weighted by Crippen LogP contribution is 2.27. The van der Waals surface area contributed by atoms with Crippen molar-refractivity contribution in [3.63, 3.8) is 0 Å². The highest BCUT2D eigenvalue weighted by Gasteiger charge is 2.22. The van der Waals surface area contributed by atoms with Crippen LogP contribution in [0.5, 0.6) is 0 Å². The first-order valence-electron chi connectivity index (χ1n) is 7.11. The molecule has 0 saturated carbocycles. The summed E-state index contributed by atoms with van der Waals surface area (Å²) in [6.07, 6.45) is 4.36. The SMILES string of the molecule is CNC(C)(C#N)CCCN1CCCc2ccccc21. The van der Waals surface area contributed by atoms with Gasteiger partial charge in [-0.3, -0.25) is 0 Å². The topological polar surface area (TPSA) is 39.1 Å². The lowest BCUT2D eigenvalue weighted by atomic mass is 9.97. The Balaban J connectivity index is 1.93. The monoisotopic (exact) mass is 257 g/mol. The van der Waals surface area contributed by atoms with E-state index in [1.54, 1.807) is 0 Å². The third kappa shape index (κ3) is 3.27. The molecule has 0 aromatic heterocycles. The number of rotatable bonds is 5. The van der Waals surface area contributed by atoms with Crippen LogP contribution in [-0.2, 0) is 6.42 Å². The number of hydrogen-bond donors (Lipinski definition) is 1. The molecule has 0 spiro atoms. The Hall–Kier alpha value is -1.53. The highest BCUT2D eigenvalue weighted by atomic mass is 15.1. The van der Waals surface area contributed by atoms with Gasteiger partial charge < -0.3 is 10.2 Å². The van der Waals surface area contributed by atoms with Gasteiger partial charge in [0.1, 0.15) is 5.54 Å². The van der Waals surface area contributed by atoms with Crippen LogP contribution in [0.15, 0.2) is 24.3 Å². The van der Waals surface area contributed by atoms with Gasteiger partial charge in [0, 0.05) is 18.8 Å². The molecule has 2 rings (SSSR count). The molecular weight excluding hydrogens is 234 g/mol. The minimum Gasteiger partial charge on any atom is -0.371 e. The van der Waals surface area contributed by atoms with Crippen molar-refractivity contribution >= 4 is 5.69 Å². The van der Waals surface area contributed by atoms with E-state index in [1.165, 1.54) is 24.1 Å². The zero-order valence-corrected chi connectivity index (χ0v) is 11.9. The van der Waals surface area contributed by atoms with E-state index in [0.29, 0.717) is 0 Å². The number of nitrogens with one attached hydrogen (secondary N) is 1. The van der Waals surface area contributed by atoms with Crippen LogP contribution in [-0.4, -0.2) is 25.7 Å². The molecule has 1 atom stereocenters. The number of hydrogen-bond acceptors (Lipinski definition) is 3. The summed E-state index contributed by atoms with van der Waals surface area (Å²) in [6.45, 7) is 4.15. The molecule has 0 saturated heterocycles. The molecule has 0 radical (unpaired) electrons. The van der Waals surface area contributed by atoms with Crippen molar-refractivity contribution in [3.05, 3.63) is 29.8 Å². The maximum absolute atomic E-state index is 9.15. The molecular formula is C16H23N3. The molecule has 0 bridgehead atoms. The quantitative estimate of drug-likeness (QED) is 0.881. The summed E-state index contributed by atoms with van der Waals surface area (Å²) < 4.78 is 0. The molecule has 1 N–H and O–H groups in total. The van der Waals surface area contributed by atoms with Gasteiger partial charge in [0.25, 0.3) is 0 Å². The molecule has 1 aliphatic rings. The Morgan fingerprint density at radius 1 is 1.42 bits per heavy atom. The van der Waals surface area contributed by atoms with Crippen LogP contribution in [0, 0.1) is 11.3 Å². The number of fused-ring (bicyclic) bond motifs is 1. The third-order valence-electron chi connectivity index (χ3n) is 4.11. The zero-order valence-electron chi connectivity index (χ0n) is 11.9. The molecule has 102 valence electrons. The van der Waals surface area contributed by atoms with Crippen molar-refractivity contribution in [2.24, 2.45) is 0 Å². The van der Waals surface area contributed by atoms with Crippen molar-refractivity contribution in [1.29, 1.82) is 5.26 Å². The average molecular weight is 257 g/mol. The van der Waals surface area contributed by atoms with Gasteiger partial charge in [-0.1, -0.05) is 18.2 Å². The van der Waals surface area contributed by atoms with Crippen molar-refractivity contribution in [3.8, 4) is 6.07 Å². The number of nitriles is 1. The molecule has 1 unspecified atom stereocenters. The second-order valence-electron chi connectivity index (χ2n) is 5.52. The first-order chi connectivity index (χ1) is 9.18. The third-order valence-corrected chi connectivity index (χ3v) is 4.11. The first kappa shape index (κ1) is 13.9. The highest BCUT2D eigenvalue weighted by molar-refractivity contribution is 5.55. The van der Waals surface area contributed by atoms with Crippen LogP contribution < -0.4 is 10.2 Å². The van der Waals surface area contributed by atoms with E-state index in [2.05, 4.69) is 40.6 Å². The zero-order chi connectivity index (χ0) is 13.7. The molecule has 0 aliphatic carbocycles. The van der Waals surface area contributed by atoms with Gasteiger partial charge >= 0.3 is 0 Å². The van der Waals surface area contributed by atoms with Gasteiger partial charge in [-0.15, -0.1) is 0 Å². The van der Waals surface area contributed by atoms with Gasteiger partial charge in [0.15, 0.2) is 0 Å². The molecule has 1 heterocycles.